The summed E-state index contributed by atoms with van der Waals surface area (Å²) in [5.74, 6) is -0.128. The molecule has 134 valence electrons. The molecule has 0 aliphatic rings. The Hall–Kier alpha value is -3.28. The normalized spacial score (nSPS) is 10.5. The van der Waals surface area contributed by atoms with Gasteiger partial charge in [-0.05, 0) is 30.2 Å². The maximum atomic E-state index is 12.0. The van der Waals surface area contributed by atoms with Crippen molar-refractivity contribution in [2.75, 3.05) is 19.0 Å². The van der Waals surface area contributed by atoms with Gasteiger partial charge < -0.3 is 20.4 Å². The summed E-state index contributed by atoms with van der Waals surface area (Å²) in [5.41, 5.74) is 2.76. The average Bonchev–Trinajstić information content (AvgIpc) is 3.05. The van der Waals surface area contributed by atoms with Crippen LogP contribution >= 0.6 is 0 Å². The third-order valence-corrected chi connectivity index (χ3v) is 4.09. The van der Waals surface area contributed by atoms with Gasteiger partial charge in [-0.1, -0.05) is 30.3 Å². The number of carbonyl (C=O) groups excluding carboxylic acids is 2. The quantitative estimate of drug-likeness (QED) is 0.572. The Balaban J connectivity index is 1.47. The smallest absolute Gasteiger partial charge is 0.233 e. The van der Waals surface area contributed by atoms with Gasteiger partial charge in [0.1, 0.15) is 12.2 Å². The Labute approximate surface area is 151 Å². The number of nitrogens with one attached hydrogen (secondary N) is 3. The van der Waals surface area contributed by atoms with Crippen LogP contribution in [0.15, 0.2) is 54.7 Å². The highest BCUT2D eigenvalue weighted by molar-refractivity contribution is 6.04. The van der Waals surface area contributed by atoms with Gasteiger partial charge in [0.05, 0.1) is 12.8 Å². The molecule has 0 bridgehead atoms. The number of rotatable bonds is 7. The second-order valence-corrected chi connectivity index (χ2v) is 5.88. The maximum absolute atomic E-state index is 12.0. The summed E-state index contributed by atoms with van der Waals surface area (Å²) in [5, 5.41) is 6.63. The van der Waals surface area contributed by atoms with E-state index in [1.807, 2.05) is 36.5 Å². The van der Waals surface area contributed by atoms with Crippen molar-refractivity contribution in [1.82, 2.24) is 10.3 Å². The van der Waals surface area contributed by atoms with E-state index in [1.54, 1.807) is 18.2 Å². The average molecular weight is 351 g/mol. The standard InChI is InChI=1S/C20H21N3O3/c1-26-18-9-5-4-8-17(18)23-20(25)12-19(24)21-11-10-14-13-22-16-7-3-2-6-15(14)16/h2-9,13,22H,10-12H2,1H3,(H,21,24)(H,23,25). The highest BCUT2D eigenvalue weighted by atomic mass is 16.5. The maximum Gasteiger partial charge on any atom is 0.233 e. The van der Waals surface area contributed by atoms with Crippen molar-refractivity contribution in [2.24, 2.45) is 0 Å². The van der Waals surface area contributed by atoms with E-state index in [4.69, 9.17) is 4.74 Å². The van der Waals surface area contributed by atoms with Crippen LogP contribution in [-0.2, 0) is 16.0 Å². The van der Waals surface area contributed by atoms with Crippen LogP contribution < -0.4 is 15.4 Å². The Morgan fingerprint density at radius 2 is 1.81 bits per heavy atom. The molecular weight excluding hydrogens is 330 g/mol. The predicted molar refractivity (Wildman–Crippen MR) is 101 cm³/mol. The lowest BCUT2D eigenvalue weighted by molar-refractivity contribution is -0.126. The summed E-state index contributed by atoms with van der Waals surface area (Å²) < 4.78 is 5.17. The van der Waals surface area contributed by atoms with Crippen molar-refractivity contribution in [1.29, 1.82) is 0 Å². The van der Waals surface area contributed by atoms with Gasteiger partial charge >= 0.3 is 0 Å². The van der Waals surface area contributed by atoms with Crippen LogP contribution in [0.2, 0.25) is 0 Å². The second kappa shape index (κ2) is 8.20. The number of H-pyrrole nitrogens is 1. The number of aromatic nitrogens is 1. The molecule has 0 fully saturated rings. The minimum Gasteiger partial charge on any atom is -0.495 e. The number of amides is 2. The van der Waals surface area contributed by atoms with Crippen LogP contribution in [-0.4, -0.2) is 30.5 Å². The van der Waals surface area contributed by atoms with E-state index in [1.165, 1.54) is 7.11 Å². The largest absolute Gasteiger partial charge is 0.495 e. The number of anilines is 1. The second-order valence-electron chi connectivity index (χ2n) is 5.88. The molecule has 0 unspecified atom stereocenters. The minimum absolute atomic E-state index is 0.230. The fraction of sp³-hybridized carbons (Fsp3) is 0.200. The zero-order valence-corrected chi connectivity index (χ0v) is 14.5. The monoisotopic (exact) mass is 351 g/mol. The van der Waals surface area contributed by atoms with E-state index in [2.05, 4.69) is 15.6 Å². The molecule has 2 aromatic carbocycles. The third-order valence-electron chi connectivity index (χ3n) is 4.09. The predicted octanol–water partition coefficient (Wildman–Crippen LogP) is 2.86. The van der Waals surface area contributed by atoms with Crippen molar-refractivity contribution in [3.8, 4) is 5.75 Å². The van der Waals surface area contributed by atoms with Gasteiger partial charge in [-0.25, -0.2) is 0 Å². The van der Waals surface area contributed by atoms with E-state index in [9.17, 15) is 9.59 Å². The van der Waals surface area contributed by atoms with Crippen molar-refractivity contribution in [2.45, 2.75) is 12.8 Å². The van der Waals surface area contributed by atoms with E-state index in [-0.39, 0.29) is 18.2 Å². The number of ether oxygens (including phenoxy) is 1. The number of benzene rings is 2. The fourth-order valence-corrected chi connectivity index (χ4v) is 2.83. The molecule has 6 nitrogen and oxygen atoms in total. The summed E-state index contributed by atoms with van der Waals surface area (Å²) in [6.45, 7) is 0.475. The molecule has 0 saturated heterocycles. The highest BCUT2D eigenvalue weighted by Gasteiger charge is 2.12. The fourth-order valence-electron chi connectivity index (χ4n) is 2.83. The van der Waals surface area contributed by atoms with Gasteiger partial charge in [-0.15, -0.1) is 0 Å². The Morgan fingerprint density at radius 1 is 1.04 bits per heavy atom. The number of hydrogen-bond acceptors (Lipinski definition) is 3. The number of methoxy groups -OCH3 is 1. The number of fused-ring (bicyclic) bond motifs is 1. The molecule has 1 heterocycles. The first kappa shape index (κ1) is 17.5. The van der Waals surface area contributed by atoms with Crippen molar-refractivity contribution >= 4 is 28.4 Å². The first-order valence-electron chi connectivity index (χ1n) is 8.42. The lowest BCUT2D eigenvalue weighted by atomic mass is 10.1. The van der Waals surface area contributed by atoms with Crippen LogP contribution in [0.3, 0.4) is 0 Å². The number of carbonyl (C=O) groups is 2. The van der Waals surface area contributed by atoms with Crippen LogP contribution in [0.25, 0.3) is 10.9 Å². The molecule has 0 atom stereocenters. The molecule has 3 rings (SSSR count). The molecule has 1 aromatic heterocycles. The van der Waals surface area contributed by atoms with E-state index in [0.717, 1.165) is 16.5 Å². The van der Waals surface area contributed by atoms with Crippen LogP contribution in [0.1, 0.15) is 12.0 Å². The van der Waals surface area contributed by atoms with Crippen LogP contribution in [0.5, 0.6) is 5.75 Å². The summed E-state index contributed by atoms with van der Waals surface area (Å²) in [6, 6.07) is 15.1. The minimum atomic E-state index is -0.376. The van der Waals surface area contributed by atoms with E-state index in [0.29, 0.717) is 24.4 Å². The molecule has 3 aromatic rings. The van der Waals surface area contributed by atoms with Crippen LogP contribution in [0.4, 0.5) is 5.69 Å². The molecule has 2 amide bonds. The van der Waals surface area contributed by atoms with Crippen molar-refractivity contribution in [3.05, 3.63) is 60.3 Å². The number of para-hydroxylation sites is 3. The molecular formula is C20H21N3O3. The van der Waals surface area contributed by atoms with Gasteiger partial charge in [-0.3, -0.25) is 9.59 Å². The number of hydrogen-bond donors (Lipinski definition) is 3. The lowest BCUT2D eigenvalue weighted by Crippen LogP contribution is -2.29. The zero-order valence-electron chi connectivity index (χ0n) is 14.5. The molecule has 26 heavy (non-hydrogen) atoms. The molecule has 0 saturated carbocycles. The molecule has 6 heteroatoms. The van der Waals surface area contributed by atoms with Gasteiger partial charge in [0, 0.05) is 23.6 Å². The molecule has 0 aliphatic carbocycles. The molecule has 0 spiro atoms. The summed E-state index contributed by atoms with van der Waals surface area (Å²) in [6.07, 6.45) is 2.42. The SMILES string of the molecule is COc1ccccc1NC(=O)CC(=O)NCCc1c[nH]c2ccccc12. The van der Waals surface area contributed by atoms with Crippen molar-refractivity contribution < 1.29 is 14.3 Å². The van der Waals surface area contributed by atoms with Gasteiger partial charge in [0.2, 0.25) is 11.8 Å². The Bertz CT molecular complexity index is 917. The Kier molecular flexibility index (Phi) is 5.53. The van der Waals surface area contributed by atoms with Gasteiger partial charge in [-0.2, -0.15) is 0 Å². The summed E-state index contributed by atoms with van der Waals surface area (Å²) in [4.78, 5) is 27.2. The van der Waals surface area contributed by atoms with Gasteiger partial charge in [0.15, 0.2) is 0 Å². The van der Waals surface area contributed by atoms with Gasteiger partial charge in [0.25, 0.3) is 0 Å². The molecule has 0 aliphatic heterocycles. The van der Waals surface area contributed by atoms with E-state index >= 15 is 0 Å². The molecule has 0 radical (unpaired) electrons. The zero-order chi connectivity index (χ0) is 18.4. The third kappa shape index (κ3) is 4.22. The first-order valence-corrected chi connectivity index (χ1v) is 8.42. The summed E-state index contributed by atoms with van der Waals surface area (Å²) >= 11 is 0. The first-order chi connectivity index (χ1) is 12.7. The van der Waals surface area contributed by atoms with E-state index < -0.39 is 0 Å². The highest BCUT2D eigenvalue weighted by Crippen LogP contribution is 2.23. The van der Waals surface area contributed by atoms with Crippen molar-refractivity contribution in [3.63, 3.8) is 0 Å². The Morgan fingerprint density at radius 3 is 2.65 bits per heavy atom. The topological polar surface area (TPSA) is 83.2 Å². The summed E-state index contributed by atoms with van der Waals surface area (Å²) in [7, 11) is 1.53. The van der Waals surface area contributed by atoms with Crippen LogP contribution in [0, 0.1) is 0 Å². The molecule has 3 N–H and O–H groups in total. The number of aromatic amines is 1. The lowest BCUT2D eigenvalue weighted by Gasteiger charge is -2.10.